The summed E-state index contributed by atoms with van der Waals surface area (Å²) in [5.41, 5.74) is 1.76. The summed E-state index contributed by atoms with van der Waals surface area (Å²) in [4.78, 5) is 22.8. The molecule has 7 nitrogen and oxygen atoms in total. The quantitative estimate of drug-likeness (QED) is 0.337. The van der Waals surface area contributed by atoms with Crippen LogP contribution in [-0.2, 0) is 9.53 Å². The molecule has 108 valence electrons. The third kappa shape index (κ3) is 4.27. The Morgan fingerprint density at radius 1 is 1.30 bits per heavy atom. The predicted octanol–water partition coefficient (Wildman–Crippen LogP) is 1.57. The molecule has 7 heteroatoms. The Hall–Kier alpha value is -2.57. The van der Waals surface area contributed by atoms with Crippen LogP contribution in [0.15, 0.2) is 29.4 Å². The van der Waals surface area contributed by atoms with E-state index in [1.54, 1.807) is 31.2 Å². The van der Waals surface area contributed by atoms with E-state index >= 15 is 0 Å². The number of oxime groups is 1. The molecule has 1 unspecified atom stereocenters. The molecule has 20 heavy (non-hydrogen) atoms. The molecule has 0 spiro atoms. The van der Waals surface area contributed by atoms with Crippen molar-refractivity contribution in [1.29, 1.82) is 0 Å². The van der Waals surface area contributed by atoms with Crippen LogP contribution in [0, 0.1) is 0 Å². The second-order valence-electron chi connectivity index (χ2n) is 4.11. The lowest BCUT2D eigenvalue weighted by atomic mass is 10.1. The molecule has 2 amide bonds. The highest BCUT2D eigenvalue weighted by molar-refractivity contribution is 5.99. The molecule has 1 aromatic carbocycles. The fourth-order valence-corrected chi connectivity index (χ4v) is 1.45. The zero-order valence-corrected chi connectivity index (χ0v) is 11.5. The van der Waals surface area contributed by atoms with Gasteiger partial charge in [0.2, 0.25) is 0 Å². The lowest BCUT2D eigenvalue weighted by Crippen LogP contribution is -2.41. The van der Waals surface area contributed by atoms with Crippen molar-refractivity contribution in [2.24, 2.45) is 5.16 Å². The number of amides is 2. The summed E-state index contributed by atoms with van der Waals surface area (Å²) < 4.78 is 4.50. The van der Waals surface area contributed by atoms with Gasteiger partial charge in [0.25, 0.3) is 0 Å². The van der Waals surface area contributed by atoms with Gasteiger partial charge in [-0.1, -0.05) is 17.3 Å². The fourth-order valence-electron chi connectivity index (χ4n) is 1.45. The zero-order chi connectivity index (χ0) is 15.1. The van der Waals surface area contributed by atoms with E-state index in [-0.39, 0.29) is 0 Å². The van der Waals surface area contributed by atoms with Crippen LogP contribution in [0.1, 0.15) is 19.4 Å². The SMILES string of the molecule is COC(=O)C(C)NC(=O)Nc1ccc(/C(C)=N/O)cc1. The number of anilines is 1. The number of hydrogen-bond acceptors (Lipinski definition) is 5. The molecule has 1 atom stereocenters. The van der Waals surface area contributed by atoms with Gasteiger partial charge in [-0.3, -0.25) is 0 Å². The first kappa shape index (κ1) is 15.5. The van der Waals surface area contributed by atoms with Gasteiger partial charge in [-0.05, 0) is 31.5 Å². The Labute approximate surface area is 116 Å². The zero-order valence-electron chi connectivity index (χ0n) is 11.5. The largest absolute Gasteiger partial charge is 0.467 e. The normalized spacial score (nSPS) is 12.4. The van der Waals surface area contributed by atoms with Gasteiger partial charge in [0.05, 0.1) is 12.8 Å². The molecule has 1 rings (SSSR count). The Morgan fingerprint density at radius 2 is 1.90 bits per heavy atom. The number of benzene rings is 1. The van der Waals surface area contributed by atoms with Crippen LogP contribution < -0.4 is 10.6 Å². The van der Waals surface area contributed by atoms with E-state index < -0.39 is 18.0 Å². The lowest BCUT2D eigenvalue weighted by molar-refractivity contribution is -0.142. The second kappa shape index (κ2) is 7.13. The molecule has 0 heterocycles. The van der Waals surface area contributed by atoms with Gasteiger partial charge in [0, 0.05) is 5.69 Å². The molecule has 0 aliphatic rings. The smallest absolute Gasteiger partial charge is 0.328 e. The van der Waals surface area contributed by atoms with Crippen LogP contribution in [0.4, 0.5) is 10.5 Å². The van der Waals surface area contributed by atoms with Gasteiger partial charge in [0.15, 0.2) is 0 Å². The maximum absolute atomic E-state index is 11.6. The van der Waals surface area contributed by atoms with E-state index in [9.17, 15) is 9.59 Å². The van der Waals surface area contributed by atoms with Gasteiger partial charge in [0.1, 0.15) is 6.04 Å². The highest BCUT2D eigenvalue weighted by Crippen LogP contribution is 2.10. The Kier molecular flexibility index (Phi) is 5.52. The Morgan fingerprint density at radius 3 is 2.40 bits per heavy atom. The van der Waals surface area contributed by atoms with Crippen molar-refractivity contribution < 1.29 is 19.5 Å². The Bertz CT molecular complexity index is 511. The van der Waals surface area contributed by atoms with Gasteiger partial charge >= 0.3 is 12.0 Å². The van der Waals surface area contributed by atoms with Crippen molar-refractivity contribution in [3.63, 3.8) is 0 Å². The third-order valence-corrected chi connectivity index (χ3v) is 2.61. The fraction of sp³-hybridized carbons (Fsp3) is 0.308. The van der Waals surface area contributed by atoms with Gasteiger partial charge < -0.3 is 20.6 Å². The van der Waals surface area contributed by atoms with Gasteiger partial charge in [-0.25, -0.2) is 9.59 Å². The number of urea groups is 1. The van der Waals surface area contributed by atoms with E-state index in [0.29, 0.717) is 11.4 Å². The van der Waals surface area contributed by atoms with E-state index in [2.05, 4.69) is 20.5 Å². The predicted molar refractivity (Wildman–Crippen MR) is 74.1 cm³/mol. The summed E-state index contributed by atoms with van der Waals surface area (Å²) in [5.74, 6) is -0.523. The number of esters is 1. The van der Waals surface area contributed by atoms with Crippen LogP contribution in [-0.4, -0.2) is 36.1 Å². The topological polar surface area (TPSA) is 100 Å². The first-order valence-electron chi connectivity index (χ1n) is 5.92. The molecule has 1 aromatic rings. The average Bonchev–Trinajstić information content (AvgIpc) is 2.46. The number of ether oxygens (including phenoxy) is 1. The number of nitrogens with zero attached hydrogens (tertiary/aromatic N) is 1. The molecule has 0 bridgehead atoms. The minimum absolute atomic E-state index is 0.473. The standard InChI is InChI=1S/C13H17N3O4/c1-8(16-19)10-4-6-11(7-5-10)15-13(18)14-9(2)12(17)20-3/h4-7,9,19H,1-3H3,(H2,14,15,18)/b16-8+. The Balaban J connectivity index is 2.61. The van der Waals surface area contributed by atoms with E-state index in [1.807, 2.05) is 0 Å². The number of rotatable bonds is 4. The highest BCUT2D eigenvalue weighted by atomic mass is 16.5. The van der Waals surface area contributed by atoms with Crippen LogP contribution in [0.2, 0.25) is 0 Å². The first-order chi connectivity index (χ1) is 9.47. The van der Waals surface area contributed by atoms with Crippen molar-refractivity contribution >= 4 is 23.4 Å². The van der Waals surface area contributed by atoms with Crippen molar-refractivity contribution in [3.05, 3.63) is 29.8 Å². The summed E-state index contributed by atoms with van der Waals surface area (Å²) >= 11 is 0. The minimum atomic E-state index is -0.733. The summed E-state index contributed by atoms with van der Waals surface area (Å²) in [7, 11) is 1.25. The molecule has 0 aromatic heterocycles. The number of methoxy groups -OCH3 is 1. The van der Waals surface area contributed by atoms with Crippen LogP contribution >= 0.6 is 0 Å². The summed E-state index contributed by atoms with van der Waals surface area (Å²) in [5, 5.41) is 16.7. The number of nitrogens with one attached hydrogen (secondary N) is 2. The van der Waals surface area contributed by atoms with Crippen molar-refractivity contribution in [2.75, 3.05) is 12.4 Å². The number of carbonyl (C=O) groups excluding carboxylic acids is 2. The average molecular weight is 279 g/mol. The maximum Gasteiger partial charge on any atom is 0.328 e. The van der Waals surface area contributed by atoms with Crippen molar-refractivity contribution in [2.45, 2.75) is 19.9 Å². The minimum Gasteiger partial charge on any atom is -0.467 e. The summed E-state index contributed by atoms with van der Waals surface area (Å²) in [6.45, 7) is 3.18. The third-order valence-electron chi connectivity index (χ3n) is 2.61. The van der Waals surface area contributed by atoms with Gasteiger partial charge in [-0.15, -0.1) is 0 Å². The van der Waals surface area contributed by atoms with E-state index in [1.165, 1.54) is 14.0 Å². The van der Waals surface area contributed by atoms with E-state index in [0.717, 1.165) is 5.56 Å². The van der Waals surface area contributed by atoms with Crippen LogP contribution in [0.25, 0.3) is 0 Å². The summed E-state index contributed by atoms with van der Waals surface area (Å²) in [6.07, 6.45) is 0. The molecule has 0 aliphatic heterocycles. The molecule has 0 saturated carbocycles. The van der Waals surface area contributed by atoms with E-state index in [4.69, 9.17) is 5.21 Å². The summed E-state index contributed by atoms with van der Waals surface area (Å²) in [6, 6.07) is 5.48. The van der Waals surface area contributed by atoms with Crippen molar-refractivity contribution in [1.82, 2.24) is 5.32 Å². The molecule has 0 aliphatic carbocycles. The lowest BCUT2D eigenvalue weighted by Gasteiger charge is -2.12. The monoisotopic (exact) mass is 279 g/mol. The first-order valence-corrected chi connectivity index (χ1v) is 5.92. The molecule has 0 radical (unpaired) electrons. The maximum atomic E-state index is 11.6. The molecule has 0 fully saturated rings. The number of hydrogen-bond donors (Lipinski definition) is 3. The van der Waals surface area contributed by atoms with Crippen LogP contribution in [0.3, 0.4) is 0 Å². The van der Waals surface area contributed by atoms with Crippen LogP contribution in [0.5, 0.6) is 0 Å². The highest BCUT2D eigenvalue weighted by Gasteiger charge is 2.15. The second-order valence-corrected chi connectivity index (χ2v) is 4.11. The number of carbonyl (C=O) groups is 2. The molecule has 3 N–H and O–H groups in total. The molecular weight excluding hydrogens is 262 g/mol. The van der Waals surface area contributed by atoms with Crippen molar-refractivity contribution in [3.8, 4) is 0 Å². The molecule has 0 saturated heterocycles. The van der Waals surface area contributed by atoms with Gasteiger partial charge in [-0.2, -0.15) is 0 Å². The molecular formula is C13H17N3O4.